The Labute approximate surface area is 120 Å². The van der Waals surface area contributed by atoms with Gasteiger partial charge in [-0.05, 0) is 37.6 Å². The Hall–Kier alpha value is -1.40. The molecule has 2 N–H and O–H groups in total. The van der Waals surface area contributed by atoms with Crippen LogP contribution in [-0.4, -0.2) is 32.9 Å². The van der Waals surface area contributed by atoms with E-state index in [0.29, 0.717) is 5.69 Å². The zero-order chi connectivity index (χ0) is 15.2. The van der Waals surface area contributed by atoms with Crippen molar-refractivity contribution >= 4 is 21.4 Å². The Morgan fingerprint density at radius 2 is 2.05 bits per heavy atom. The van der Waals surface area contributed by atoms with Gasteiger partial charge in [-0.1, -0.05) is 19.1 Å². The molecule has 0 bridgehead atoms. The number of nitrogens with one attached hydrogen (secondary N) is 2. The van der Waals surface area contributed by atoms with E-state index in [9.17, 15) is 13.2 Å². The molecule has 0 aliphatic heterocycles. The first-order valence-corrected chi connectivity index (χ1v) is 8.69. The fourth-order valence-corrected chi connectivity index (χ4v) is 2.35. The third-order valence-corrected chi connectivity index (χ3v) is 3.55. The van der Waals surface area contributed by atoms with Gasteiger partial charge in [0, 0.05) is 18.0 Å². The molecule has 0 aromatic heterocycles. The lowest BCUT2D eigenvalue weighted by atomic mass is 10.1. The third kappa shape index (κ3) is 6.16. The van der Waals surface area contributed by atoms with E-state index in [4.69, 9.17) is 0 Å². The minimum atomic E-state index is -3.31. The fourth-order valence-electron chi connectivity index (χ4n) is 1.80. The number of hydrogen-bond donors (Lipinski definition) is 2. The molecule has 1 unspecified atom stereocenters. The van der Waals surface area contributed by atoms with E-state index in [2.05, 4.69) is 17.6 Å². The zero-order valence-corrected chi connectivity index (χ0v) is 13.0. The molecule has 0 radical (unpaired) electrons. The third-order valence-electron chi connectivity index (χ3n) is 2.76. The van der Waals surface area contributed by atoms with E-state index in [1.807, 2.05) is 25.1 Å². The van der Waals surface area contributed by atoms with Crippen molar-refractivity contribution in [1.29, 1.82) is 0 Å². The Morgan fingerprint density at radius 1 is 1.35 bits per heavy atom. The van der Waals surface area contributed by atoms with Crippen LogP contribution in [0.1, 0.15) is 31.9 Å². The van der Waals surface area contributed by atoms with Gasteiger partial charge >= 0.3 is 0 Å². The minimum Gasteiger partial charge on any atom is -0.325 e. The summed E-state index contributed by atoms with van der Waals surface area (Å²) in [6, 6.07) is 7.60. The van der Waals surface area contributed by atoms with E-state index in [1.54, 1.807) is 6.07 Å². The summed E-state index contributed by atoms with van der Waals surface area (Å²) in [6.45, 7) is 5.07. The highest BCUT2D eigenvalue weighted by molar-refractivity contribution is 7.91. The van der Waals surface area contributed by atoms with Gasteiger partial charge in [-0.25, -0.2) is 8.42 Å². The van der Waals surface area contributed by atoms with E-state index in [0.717, 1.165) is 24.8 Å². The monoisotopic (exact) mass is 298 g/mol. The normalized spacial score (nSPS) is 12.9. The number of benzene rings is 1. The van der Waals surface area contributed by atoms with Crippen molar-refractivity contribution in [1.82, 2.24) is 5.32 Å². The second-order valence-corrected chi connectivity index (χ2v) is 7.06. The molecule has 0 fully saturated rings. The molecule has 1 aromatic rings. The van der Waals surface area contributed by atoms with E-state index in [-0.39, 0.29) is 6.04 Å². The van der Waals surface area contributed by atoms with Crippen molar-refractivity contribution in [2.24, 2.45) is 0 Å². The van der Waals surface area contributed by atoms with Gasteiger partial charge in [0.1, 0.15) is 5.75 Å². The maximum atomic E-state index is 11.6. The van der Waals surface area contributed by atoms with E-state index >= 15 is 0 Å². The predicted molar refractivity (Wildman–Crippen MR) is 81.5 cm³/mol. The molecule has 1 atom stereocenters. The van der Waals surface area contributed by atoms with Gasteiger partial charge in [0.05, 0.1) is 0 Å². The molecule has 1 amide bonds. The van der Waals surface area contributed by atoms with Crippen LogP contribution in [0.2, 0.25) is 0 Å². The van der Waals surface area contributed by atoms with Crippen LogP contribution in [0.4, 0.5) is 5.69 Å². The van der Waals surface area contributed by atoms with Crippen LogP contribution >= 0.6 is 0 Å². The quantitative estimate of drug-likeness (QED) is 0.804. The lowest BCUT2D eigenvalue weighted by Crippen LogP contribution is -2.22. The van der Waals surface area contributed by atoms with Crippen molar-refractivity contribution in [3.05, 3.63) is 29.8 Å². The Balaban J connectivity index is 2.70. The number of hydrogen-bond acceptors (Lipinski definition) is 4. The molecule has 20 heavy (non-hydrogen) atoms. The average molecular weight is 298 g/mol. The fraction of sp³-hybridized carbons (Fsp3) is 0.500. The summed E-state index contributed by atoms with van der Waals surface area (Å²) in [4.78, 5) is 11.6. The highest BCUT2D eigenvalue weighted by Gasteiger charge is 2.11. The lowest BCUT2D eigenvalue weighted by molar-refractivity contribution is -0.113. The first-order valence-electron chi connectivity index (χ1n) is 6.62. The summed E-state index contributed by atoms with van der Waals surface area (Å²) in [5.74, 6) is -1.01. The number of anilines is 1. The molecule has 0 aliphatic carbocycles. The van der Waals surface area contributed by atoms with Crippen molar-refractivity contribution in [2.45, 2.75) is 26.3 Å². The van der Waals surface area contributed by atoms with Gasteiger partial charge in [0.25, 0.3) is 0 Å². The lowest BCUT2D eigenvalue weighted by Gasteiger charge is -2.15. The van der Waals surface area contributed by atoms with Crippen molar-refractivity contribution in [3.8, 4) is 0 Å². The van der Waals surface area contributed by atoms with Gasteiger partial charge in [-0.15, -0.1) is 0 Å². The second-order valence-electron chi connectivity index (χ2n) is 4.92. The summed E-state index contributed by atoms with van der Waals surface area (Å²) in [5.41, 5.74) is 1.66. The van der Waals surface area contributed by atoms with Crippen molar-refractivity contribution in [3.63, 3.8) is 0 Å². The Bertz CT molecular complexity index is 555. The first kappa shape index (κ1) is 16.7. The van der Waals surface area contributed by atoms with Crippen LogP contribution in [0.3, 0.4) is 0 Å². The van der Waals surface area contributed by atoms with Crippen LogP contribution in [-0.2, 0) is 14.6 Å². The van der Waals surface area contributed by atoms with Crippen LogP contribution in [0, 0.1) is 0 Å². The SMILES string of the molecule is CCCNC(C)c1cccc(NC(=O)CS(C)(=O)=O)c1. The summed E-state index contributed by atoms with van der Waals surface area (Å²) in [6.07, 6.45) is 2.09. The number of carbonyl (C=O) groups is 1. The number of rotatable bonds is 7. The molecule has 0 aliphatic rings. The highest BCUT2D eigenvalue weighted by atomic mass is 32.2. The molecule has 0 spiro atoms. The number of amides is 1. The molecular weight excluding hydrogens is 276 g/mol. The molecule has 0 heterocycles. The highest BCUT2D eigenvalue weighted by Crippen LogP contribution is 2.17. The first-order chi connectivity index (χ1) is 9.31. The predicted octanol–water partition coefficient (Wildman–Crippen LogP) is 1.73. The summed E-state index contributed by atoms with van der Waals surface area (Å²) < 4.78 is 22.1. The number of sulfone groups is 1. The standard InChI is InChI=1S/C14H22N2O3S/c1-4-8-15-11(2)12-6-5-7-13(9-12)16-14(17)10-20(3,18)19/h5-7,9,11,15H,4,8,10H2,1-3H3,(H,16,17). The topological polar surface area (TPSA) is 75.3 Å². The van der Waals surface area contributed by atoms with Crippen LogP contribution in [0.5, 0.6) is 0 Å². The van der Waals surface area contributed by atoms with E-state index in [1.165, 1.54) is 0 Å². The van der Waals surface area contributed by atoms with Gasteiger partial charge in [-0.3, -0.25) is 4.79 Å². The Morgan fingerprint density at radius 3 is 2.65 bits per heavy atom. The van der Waals surface area contributed by atoms with E-state index < -0.39 is 21.5 Å². The molecule has 0 saturated heterocycles. The van der Waals surface area contributed by atoms with Crippen molar-refractivity contribution < 1.29 is 13.2 Å². The molecule has 1 rings (SSSR count). The van der Waals surface area contributed by atoms with Gasteiger partial charge < -0.3 is 10.6 Å². The van der Waals surface area contributed by atoms with Gasteiger partial charge in [0.2, 0.25) is 5.91 Å². The largest absolute Gasteiger partial charge is 0.325 e. The maximum Gasteiger partial charge on any atom is 0.239 e. The summed E-state index contributed by atoms with van der Waals surface area (Å²) in [7, 11) is -3.31. The van der Waals surface area contributed by atoms with Crippen molar-refractivity contribution in [2.75, 3.05) is 23.9 Å². The second kappa shape index (κ2) is 7.40. The summed E-state index contributed by atoms with van der Waals surface area (Å²) >= 11 is 0. The van der Waals surface area contributed by atoms with Gasteiger partial charge in [-0.2, -0.15) is 0 Å². The Kier molecular flexibility index (Phi) is 6.16. The molecule has 112 valence electrons. The smallest absolute Gasteiger partial charge is 0.239 e. The molecule has 0 saturated carbocycles. The van der Waals surface area contributed by atoms with Crippen LogP contribution in [0.25, 0.3) is 0 Å². The maximum absolute atomic E-state index is 11.6. The average Bonchev–Trinajstić information content (AvgIpc) is 2.33. The molecular formula is C14H22N2O3S. The molecule has 5 nitrogen and oxygen atoms in total. The number of carbonyl (C=O) groups excluding carboxylic acids is 1. The van der Waals surface area contributed by atoms with Crippen LogP contribution < -0.4 is 10.6 Å². The molecule has 6 heteroatoms. The van der Waals surface area contributed by atoms with Crippen LogP contribution in [0.15, 0.2) is 24.3 Å². The zero-order valence-electron chi connectivity index (χ0n) is 12.1. The molecule has 1 aromatic carbocycles. The minimum absolute atomic E-state index is 0.182. The van der Waals surface area contributed by atoms with Gasteiger partial charge in [0.15, 0.2) is 9.84 Å². The summed E-state index contributed by atoms with van der Waals surface area (Å²) in [5, 5.41) is 5.96.